The van der Waals surface area contributed by atoms with E-state index in [2.05, 4.69) is 34.1 Å². The molecular formula is C21H23N2O3Sn. The van der Waals surface area contributed by atoms with Crippen molar-refractivity contribution in [3.05, 3.63) is 88.1 Å². The number of aromatic carboxylic acids is 1. The molecule has 0 fully saturated rings. The molecule has 0 aliphatic heterocycles. The third-order valence-corrected chi connectivity index (χ3v) is 8.80. The van der Waals surface area contributed by atoms with E-state index < -0.39 is 25.7 Å². The van der Waals surface area contributed by atoms with Crippen molar-refractivity contribution in [2.45, 2.75) is 29.4 Å². The first kappa shape index (κ1) is 19.5. The second-order valence-corrected chi connectivity index (χ2v) is 14.2. The number of carbonyl (C=O) groups is 1. The number of imidazole rings is 1. The van der Waals surface area contributed by atoms with Gasteiger partial charge in [0.05, 0.1) is 5.56 Å². The van der Waals surface area contributed by atoms with Gasteiger partial charge in [-0.2, -0.15) is 0 Å². The van der Waals surface area contributed by atoms with Crippen LogP contribution in [-0.4, -0.2) is 40.0 Å². The maximum absolute atomic E-state index is 12.6. The summed E-state index contributed by atoms with van der Waals surface area (Å²) in [5.74, 6) is -0.930. The van der Waals surface area contributed by atoms with Crippen LogP contribution in [0.5, 0.6) is 0 Å². The predicted octanol–water partition coefficient (Wildman–Crippen LogP) is 2.60. The third kappa shape index (κ3) is 4.91. The average molecular weight is 470 g/mol. The van der Waals surface area contributed by atoms with Gasteiger partial charge in [0.25, 0.3) is 0 Å². The van der Waals surface area contributed by atoms with Gasteiger partial charge < -0.3 is 5.11 Å². The molecule has 1 radical (unpaired) electrons. The number of nitrogens with zero attached hydrogens (tertiary/aromatic N) is 2. The number of hydrogen-bond donors (Lipinski definition) is 1. The normalized spacial score (nSPS) is 11.1. The zero-order chi connectivity index (χ0) is 19.4. The van der Waals surface area contributed by atoms with E-state index in [9.17, 15) is 9.59 Å². The van der Waals surface area contributed by atoms with Gasteiger partial charge in [0.1, 0.15) is 0 Å². The topological polar surface area (TPSA) is 64.2 Å². The Bertz CT molecular complexity index is 987. The molecule has 0 saturated heterocycles. The van der Waals surface area contributed by atoms with Crippen molar-refractivity contribution in [1.82, 2.24) is 9.13 Å². The van der Waals surface area contributed by atoms with E-state index in [4.69, 9.17) is 5.11 Å². The van der Waals surface area contributed by atoms with Gasteiger partial charge in [-0.3, -0.25) is 0 Å². The summed E-state index contributed by atoms with van der Waals surface area (Å²) >= 11 is -1.40. The minimum atomic E-state index is -1.40. The number of carboxylic acids is 1. The van der Waals surface area contributed by atoms with E-state index in [1.165, 1.54) is 9.14 Å². The van der Waals surface area contributed by atoms with Crippen LogP contribution in [0.4, 0.5) is 0 Å². The monoisotopic (exact) mass is 471 g/mol. The zero-order valence-corrected chi connectivity index (χ0v) is 18.4. The number of benzene rings is 2. The van der Waals surface area contributed by atoms with Gasteiger partial charge in [0, 0.05) is 0 Å². The van der Waals surface area contributed by atoms with Gasteiger partial charge >= 0.3 is 150 Å². The molecule has 0 aliphatic rings. The van der Waals surface area contributed by atoms with Crippen LogP contribution >= 0.6 is 0 Å². The molecule has 0 saturated carbocycles. The molecule has 1 aromatic heterocycles. The summed E-state index contributed by atoms with van der Waals surface area (Å²) in [5.41, 5.74) is 2.43. The number of aromatic nitrogens is 2. The standard InChI is InChI=1S/C19H17N2O3.2CH3.Sn/c22-18(23)17-8-6-15(7-9-17)10-11-20-12-13-21(19(20)24)14-16-4-2-1-3-5-16;;;/h1-2,4-9,12-13H,10-11,14H2,(H,22,23);2*1H3;. The van der Waals surface area contributed by atoms with E-state index in [1.807, 2.05) is 12.4 Å². The minimum absolute atomic E-state index is 0.0190. The Morgan fingerprint density at radius 2 is 1.70 bits per heavy atom. The maximum atomic E-state index is 12.6. The summed E-state index contributed by atoms with van der Waals surface area (Å²) in [6.07, 6.45) is 4.33. The summed E-state index contributed by atoms with van der Waals surface area (Å²) in [6, 6.07) is 15.4. The summed E-state index contributed by atoms with van der Waals surface area (Å²) < 4.78 is 4.91. The fourth-order valence-electron chi connectivity index (χ4n) is 2.98. The molecule has 0 bridgehead atoms. The molecule has 1 heterocycles. The zero-order valence-electron chi connectivity index (χ0n) is 15.6. The molecule has 2 aromatic carbocycles. The first-order valence-corrected chi connectivity index (χ1v) is 16.0. The fourth-order valence-corrected chi connectivity index (χ4v) is 5.56. The third-order valence-electron chi connectivity index (χ3n) is 4.62. The van der Waals surface area contributed by atoms with Crippen LogP contribution in [0, 0.1) is 0 Å². The summed E-state index contributed by atoms with van der Waals surface area (Å²) in [4.78, 5) is 28.2. The Morgan fingerprint density at radius 3 is 2.37 bits per heavy atom. The van der Waals surface area contributed by atoms with Crippen molar-refractivity contribution in [1.29, 1.82) is 0 Å². The van der Waals surface area contributed by atoms with E-state index in [0.717, 1.165) is 5.56 Å². The Hall–Kier alpha value is -2.28. The summed E-state index contributed by atoms with van der Waals surface area (Å²) in [7, 11) is 0. The first-order valence-electron chi connectivity index (χ1n) is 8.91. The van der Waals surface area contributed by atoms with Gasteiger partial charge in [-0.05, 0) is 0 Å². The summed E-state index contributed by atoms with van der Waals surface area (Å²) in [6.45, 7) is 1.16. The van der Waals surface area contributed by atoms with Gasteiger partial charge in [-0.25, -0.2) is 4.79 Å². The van der Waals surface area contributed by atoms with Crippen molar-refractivity contribution < 1.29 is 9.90 Å². The number of carboxylic acid groups (broad SMARTS) is 1. The molecule has 1 N–H and O–H groups in total. The van der Waals surface area contributed by atoms with Gasteiger partial charge in [0.15, 0.2) is 0 Å². The van der Waals surface area contributed by atoms with Crippen LogP contribution in [-0.2, 0) is 19.5 Å². The van der Waals surface area contributed by atoms with E-state index in [-0.39, 0.29) is 11.3 Å². The van der Waals surface area contributed by atoms with Crippen LogP contribution in [0.25, 0.3) is 0 Å². The Labute approximate surface area is 165 Å². The molecule has 139 valence electrons. The fraction of sp³-hybridized carbons (Fsp3) is 0.238. The number of aryl methyl sites for hydroxylation is 2. The predicted molar refractivity (Wildman–Crippen MR) is 108 cm³/mol. The van der Waals surface area contributed by atoms with Crippen LogP contribution in [0.15, 0.2) is 65.7 Å². The number of rotatable bonds is 7. The van der Waals surface area contributed by atoms with Crippen molar-refractivity contribution in [2.24, 2.45) is 0 Å². The van der Waals surface area contributed by atoms with Gasteiger partial charge in [-0.1, -0.05) is 0 Å². The molecule has 27 heavy (non-hydrogen) atoms. The molecule has 0 atom stereocenters. The summed E-state index contributed by atoms with van der Waals surface area (Å²) in [5, 5.41) is 8.95. The number of hydrogen-bond acceptors (Lipinski definition) is 2. The Morgan fingerprint density at radius 1 is 1.00 bits per heavy atom. The SMILES string of the molecule is [CH3][Sn]([CH3])[c]1cccc(Cn2ccn(CCc3ccc(C(=O)O)cc3)c2=O)c1. The van der Waals surface area contributed by atoms with Crippen molar-refractivity contribution in [3.63, 3.8) is 0 Å². The molecule has 0 unspecified atom stereocenters. The second-order valence-electron chi connectivity index (χ2n) is 6.85. The van der Waals surface area contributed by atoms with Gasteiger partial charge in [-0.15, -0.1) is 0 Å². The Kier molecular flexibility index (Phi) is 6.21. The van der Waals surface area contributed by atoms with Crippen molar-refractivity contribution in [3.8, 4) is 0 Å². The Balaban J connectivity index is 1.67. The molecule has 3 aromatic rings. The molecular weight excluding hydrogens is 447 g/mol. The van der Waals surface area contributed by atoms with Crippen LogP contribution < -0.4 is 9.27 Å². The van der Waals surface area contributed by atoms with Crippen molar-refractivity contribution in [2.75, 3.05) is 0 Å². The van der Waals surface area contributed by atoms with E-state index in [0.29, 0.717) is 19.5 Å². The molecule has 3 rings (SSSR count). The molecule has 0 aliphatic carbocycles. The molecule has 0 spiro atoms. The van der Waals surface area contributed by atoms with E-state index in [1.54, 1.807) is 33.4 Å². The second kappa shape index (κ2) is 8.60. The molecule has 5 nitrogen and oxygen atoms in total. The van der Waals surface area contributed by atoms with Gasteiger partial charge in [0.2, 0.25) is 0 Å². The van der Waals surface area contributed by atoms with E-state index >= 15 is 0 Å². The van der Waals surface area contributed by atoms with Crippen LogP contribution in [0.3, 0.4) is 0 Å². The first-order chi connectivity index (χ1) is 12.9. The quantitative estimate of drug-likeness (QED) is 0.541. The van der Waals surface area contributed by atoms with Crippen LogP contribution in [0.2, 0.25) is 9.88 Å². The average Bonchev–Trinajstić information content (AvgIpc) is 3.00. The van der Waals surface area contributed by atoms with Crippen molar-refractivity contribution >= 4 is 29.3 Å². The molecule has 6 heteroatoms. The molecule has 0 amide bonds. The van der Waals surface area contributed by atoms with Crippen LogP contribution in [0.1, 0.15) is 21.5 Å².